The zero-order chi connectivity index (χ0) is 18.7. The lowest BCUT2D eigenvalue weighted by Gasteiger charge is -2.13. The van der Waals surface area contributed by atoms with Crippen LogP contribution in [0.25, 0.3) is 11.3 Å². The Labute approximate surface area is 160 Å². The fourth-order valence-electron chi connectivity index (χ4n) is 3.81. The molecule has 2 aromatic rings. The number of ether oxygens (including phenoxy) is 2. The van der Waals surface area contributed by atoms with Crippen molar-refractivity contribution in [2.45, 2.75) is 52.9 Å². The highest BCUT2D eigenvalue weighted by molar-refractivity contribution is 7.15. The van der Waals surface area contributed by atoms with E-state index in [0.717, 1.165) is 39.6 Å². The first kappa shape index (κ1) is 19.0. The number of aromatic nitrogens is 1. The first-order chi connectivity index (χ1) is 12.6. The second kappa shape index (κ2) is 8.30. The third kappa shape index (κ3) is 4.14. The highest BCUT2D eigenvalue weighted by Gasteiger charge is 2.40. The number of nitrogens with two attached hydrogens (primary N) is 1. The molecule has 0 spiro atoms. The smallest absolute Gasteiger partial charge is 0.180 e. The molecule has 0 radical (unpaired) electrons. The lowest BCUT2D eigenvalue weighted by atomic mass is 10.1. The zero-order valence-corrected chi connectivity index (χ0v) is 17.1. The highest BCUT2D eigenvalue weighted by atomic mass is 32.1. The van der Waals surface area contributed by atoms with Crippen LogP contribution in [-0.4, -0.2) is 18.7 Å². The van der Waals surface area contributed by atoms with Crippen molar-refractivity contribution >= 4 is 16.5 Å². The molecule has 26 heavy (non-hydrogen) atoms. The second-order valence-electron chi connectivity index (χ2n) is 7.12. The Morgan fingerprint density at radius 2 is 1.92 bits per heavy atom. The molecule has 2 aliphatic carbocycles. The minimum Gasteiger partial charge on any atom is -0.496 e. The van der Waals surface area contributed by atoms with Crippen molar-refractivity contribution < 1.29 is 9.47 Å². The van der Waals surface area contributed by atoms with Gasteiger partial charge in [0.05, 0.1) is 19.4 Å². The molecule has 4 nitrogen and oxygen atoms in total. The van der Waals surface area contributed by atoms with E-state index < -0.39 is 0 Å². The van der Waals surface area contributed by atoms with Crippen molar-refractivity contribution in [3.8, 4) is 22.8 Å². The van der Waals surface area contributed by atoms with Gasteiger partial charge in [0.1, 0.15) is 11.5 Å². The molecule has 2 saturated carbocycles. The van der Waals surface area contributed by atoms with Crippen LogP contribution >= 0.6 is 11.3 Å². The van der Waals surface area contributed by atoms with Crippen molar-refractivity contribution in [2.24, 2.45) is 11.8 Å². The van der Waals surface area contributed by atoms with E-state index in [4.69, 9.17) is 15.2 Å². The maximum Gasteiger partial charge on any atom is 0.180 e. The number of benzene rings is 1. The standard InChI is InChI=1S/C15H20N2O2S.C6H10/c1-5-13-14(17-15(16)20-13)10-8-11(19-6-2)9(3)7-12(10)18-4;1-2-5-4-6(5)3-1/h7-8H,5-6H2,1-4H3,(H2,16,17);5-6H,1-4H2. The van der Waals surface area contributed by atoms with Gasteiger partial charge in [0.15, 0.2) is 5.13 Å². The van der Waals surface area contributed by atoms with Crippen molar-refractivity contribution in [3.63, 3.8) is 0 Å². The summed E-state index contributed by atoms with van der Waals surface area (Å²) >= 11 is 1.52. The molecule has 1 heterocycles. The molecule has 0 saturated heterocycles. The number of methoxy groups -OCH3 is 1. The van der Waals surface area contributed by atoms with E-state index in [9.17, 15) is 0 Å². The summed E-state index contributed by atoms with van der Waals surface area (Å²) in [6.45, 7) is 6.71. The molecule has 2 N–H and O–H groups in total. The van der Waals surface area contributed by atoms with Crippen molar-refractivity contribution in [1.29, 1.82) is 0 Å². The van der Waals surface area contributed by atoms with Crippen LogP contribution in [0.5, 0.6) is 11.5 Å². The van der Waals surface area contributed by atoms with Crippen LogP contribution in [0.3, 0.4) is 0 Å². The SMILES string of the molecule is C1CC2CC2C1.CCOc1cc(-c2nc(N)sc2CC)c(OC)cc1C. The molecular formula is C21H30N2O2S. The highest BCUT2D eigenvalue weighted by Crippen LogP contribution is 2.51. The molecule has 0 aliphatic heterocycles. The Morgan fingerprint density at radius 1 is 1.19 bits per heavy atom. The fraction of sp³-hybridized carbons (Fsp3) is 0.571. The molecule has 1 aromatic heterocycles. The number of anilines is 1. The zero-order valence-electron chi connectivity index (χ0n) is 16.3. The lowest BCUT2D eigenvalue weighted by molar-refractivity contribution is 0.336. The van der Waals surface area contributed by atoms with E-state index in [1.165, 1.54) is 29.6 Å². The van der Waals surface area contributed by atoms with E-state index in [2.05, 4.69) is 11.9 Å². The van der Waals surface area contributed by atoms with Gasteiger partial charge in [-0.25, -0.2) is 4.98 Å². The van der Waals surface area contributed by atoms with E-state index in [1.54, 1.807) is 26.4 Å². The van der Waals surface area contributed by atoms with Gasteiger partial charge >= 0.3 is 0 Å². The normalized spacial score (nSPS) is 20.2. The van der Waals surface area contributed by atoms with Gasteiger partial charge in [0, 0.05) is 10.4 Å². The molecule has 2 unspecified atom stereocenters. The second-order valence-corrected chi connectivity index (χ2v) is 8.23. The third-order valence-corrected chi connectivity index (χ3v) is 6.33. The molecule has 0 bridgehead atoms. The van der Waals surface area contributed by atoms with Gasteiger partial charge in [-0.05, 0) is 56.2 Å². The molecule has 2 fully saturated rings. The molecule has 5 heteroatoms. The van der Waals surface area contributed by atoms with Gasteiger partial charge in [-0.1, -0.05) is 26.2 Å². The van der Waals surface area contributed by atoms with Crippen LogP contribution in [0.15, 0.2) is 12.1 Å². The molecule has 4 rings (SSSR count). The van der Waals surface area contributed by atoms with Gasteiger partial charge in [-0.3, -0.25) is 0 Å². The summed E-state index contributed by atoms with van der Waals surface area (Å²) in [5.41, 5.74) is 8.73. The Hall–Kier alpha value is -1.75. The van der Waals surface area contributed by atoms with E-state index in [1.807, 2.05) is 26.0 Å². The van der Waals surface area contributed by atoms with E-state index in [-0.39, 0.29) is 0 Å². The number of nitrogen functional groups attached to an aromatic ring is 1. The maximum absolute atomic E-state index is 5.85. The first-order valence-electron chi connectivity index (χ1n) is 9.64. The van der Waals surface area contributed by atoms with E-state index >= 15 is 0 Å². The topological polar surface area (TPSA) is 57.4 Å². The molecule has 2 aliphatic rings. The summed E-state index contributed by atoms with van der Waals surface area (Å²) < 4.78 is 11.2. The lowest BCUT2D eigenvalue weighted by Crippen LogP contribution is -1.98. The van der Waals surface area contributed by atoms with Crippen LogP contribution in [0.1, 0.15) is 50.0 Å². The summed E-state index contributed by atoms with van der Waals surface area (Å²) in [5.74, 6) is 4.08. The number of thiazole rings is 1. The van der Waals surface area contributed by atoms with Crippen LogP contribution in [0, 0.1) is 18.8 Å². The summed E-state index contributed by atoms with van der Waals surface area (Å²) in [6.07, 6.45) is 7.13. The number of nitrogens with zero attached hydrogens (tertiary/aromatic N) is 1. The Balaban J connectivity index is 0.000000269. The molecule has 1 aromatic carbocycles. The average Bonchev–Trinajstić information content (AvgIpc) is 3.05. The molecule has 142 valence electrons. The Morgan fingerprint density at radius 3 is 2.42 bits per heavy atom. The molecular weight excluding hydrogens is 344 g/mol. The summed E-state index contributed by atoms with van der Waals surface area (Å²) in [7, 11) is 1.67. The summed E-state index contributed by atoms with van der Waals surface area (Å²) in [6, 6.07) is 3.97. The predicted molar refractivity (Wildman–Crippen MR) is 109 cm³/mol. The number of rotatable bonds is 5. The minimum atomic E-state index is 0.581. The minimum absolute atomic E-state index is 0.581. The van der Waals surface area contributed by atoms with Crippen LogP contribution in [0.2, 0.25) is 0 Å². The van der Waals surface area contributed by atoms with Gasteiger partial charge in [0.25, 0.3) is 0 Å². The molecule has 2 atom stereocenters. The number of fused-ring (bicyclic) bond motifs is 1. The van der Waals surface area contributed by atoms with Crippen LogP contribution in [-0.2, 0) is 6.42 Å². The van der Waals surface area contributed by atoms with E-state index in [0.29, 0.717) is 11.7 Å². The number of hydrogen-bond donors (Lipinski definition) is 1. The summed E-state index contributed by atoms with van der Waals surface area (Å²) in [5, 5.41) is 0.581. The first-order valence-corrected chi connectivity index (χ1v) is 10.5. The fourth-order valence-corrected chi connectivity index (χ4v) is 4.59. The predicted octanol–water partition coefficient (Wildman–Crippen LogP) is 5.48. The quantitative estimate of drug-likeness (QED) is 0.753. The van der Waals surface area contributed by atoms with Gasteiger partial charge in [-0.2, -0.15) is 0 Å². The van der Waals surface area contributed by atoms with Crippen molar-refractivity contribution in [2.75, 3.05) is 19.5 Å². The third-order valence-electron chi connectivity index (χ3n) is 5.31. The molecule has 0 amide bonds. The van der Waals surface area contributed by atoms with Gasteiger partial charge < -0.3 is 15.2 Å². The largest absolute Gasteiger partial charge is 0.496 e. The summed E-state index contributed by atoms with van der Waals surface area (Å²) in [4.78, 5) is 5.61. The van der Waals surface area contributed by atoms with Crippen LogP contribution in [0.4, 0.5) is 5.13 Å². The monoisotopic (exact) mass is 374 g/mol. The number of aryl methyl sites for hydroxylation is 2. The Bertz CT molecular complexity index is 749. The van der Waals surface area contributed by atoms with Crippen LogP contribution < -0.4 is 15.2 Å². The van der Waals surface area contributed by atoms with Gasteiger partial charge in [-0.15, -0.1) is 11.3 Å². The van der Waals surface area contributed by atoms with Gasteiger partial charge in [0.2, 0.25) is 0 Å². The van der Waals surface area contributed by atoms with Crippen molar-refractivity contribution in [1.82, 2.24) is 4.98 Å². The Kier molecular flexibility index (Phi) is 6.07. The average molecular weight is 375 g/mol. The number of hydrogen-bond acceptors (Lipinski definition) is 5. The van der Waals surface area contributed by atoms with Crippen molar-refractivity contribution in [3.05, 3.63) is 22.6 Å². The maximum atomic E-state index is 5.85.